The van der Waals surface area contributed by atoms with Gasteiger partial charge >= 0.3 is 0 Å². The smallest absolute Gasteiger partial charge is 0.183 e. The van der Waals surface area contributed by atoms with Crippen molar-refractivity contribution in [2.24, 2.45) is 5.73 Å². The third-order valence-corrected chi connectivity index (χ3v) is 6.77. The van der Waals surface area contributed by atoms with Crippen molar-refractivity contribution in [3.8, 4) is 5.75 Å². The summed E-state index contributed by atoms with van der Waals surface area (Å²) in [6.07, 6.45) is 0. The highest BCUT2D eigenvalue weighted by Crippen LogP contribution is 2.55. The third-order valence-electron chi connectivity index (χ3n) is 4.46. The van der Waals surface area contributed by atoms with Crippen LogP contribution in [0.15, 0.2) is 59.5 Å². The second-order valence-electron chi connectivity index (χ2n) is 5.80. The van der Waals surface area contributed by atoms with Crippen molar-refractivity contribution >= 4 is 9.84 Å². The third kappa shape index (κ3) is 2.52. The molecular weight excluding hydrogens is 314 g/mol. The Bertz CT molecular complexity index is 789. The van der Waals surface area contributed by atoms with E-state index in [1.807, 2.05) is 0 Å². The highest BCUT2D eigenvalue weighted by Gasteiger charge is 2.69. The highest BCUT2D eigenvalue weighted by atomic mass is 32.2. The molecule has 0 spiro atoms. The van der Waals surface area contributed by atoms with Crippen molar-refractivity contribution in [1.82, 2.24) is 0 Å². The number of benzene rings is 2. The first-order valence-corrected chi connectivity index (χ1v) is 8.82. The summed E-state index contributed by atoms with van der Waals surface area (Å²) in [4.78, 5) is 0.226. The first-order valence-electron chi connectivity index (χ1n) is 7.28. The van der Waals surface area contributed by atoms with Crippen LogP contribution < -0.4 is 10.5 Å². The summed E-state index contributed by atoms with van der Waals surface area (Å²) in [5, 5.41) is 8.83. The van der Waals surface area contributed by atoms with E-state index in [9.17, 15) is 13.5 Å². The van der Waals surface area contributed by atoms with Crippen LogP contribution in [0.25, 0.3) is 0 Å². The van der Waals surface area contributed by atoms with E-state index in [0.717, 1.165) is 5.56 Å². The number of nitrogens with two attached hydrogens (primary N) is 1. The van der Waals surface area contributed by atoms with Crippen molar-refractivity contribution in [2.75, 3.05) is 13.7 Å². The zero-order valence-electron chi connectivity index (χ0n) is 12.7. The molecule has 0 bridgehead atoms. The minimum atomic E-state index is -3.61. The molecule has 0 saturated heterocycles. The lowest BCUT2D eigenvalue weighted by atomic mass is 10.1. The second kappa shape index (κ2) is 5.63. The summed E-state index contributed by atoms with van der Waals surface area (Å²) in [5.41, 5.74) is 5.82. The summed E-state index contributed by atoms with van der Waals surface area (Å²) in [5.74, 6) is 0.243. The Morgan fingerprint density at radius 2 is 1.74 bits per heavy atom. The van der Waals surface area contributed by atoms with Gasteiger partial charge in [0.1, 0.15) is 5.75 Å². The van der Waals surface area contributed by atoms with Gasteiger partial charge in [0.05, 0.1) is 29.4 Å². The van der Waals surface area contributed by atoms with Crippen molar-refractivity contribution in [2.45, 2.75) is 21.6 Å². The van der Waals surface area contributed by atoms with Gasteiger partial charge in [0.2, 0.25) is 0 Å². The molecule has 3 rings (SSSR count). The molecule has 2 aromatic carbocycles. The van der Waals surface area contributed by atoms with Gasteiger partial charge in [-0.2, -0.15) is 0 Å². The van der Waals surface area contributed by atoms with E-state index in [0.29, 0.717) is 5.75 Å². The molecule has 0 unspecified atom stereocenters. The molecule has 1 aliphatic carbocycles. The number of ether oxygens (including phenoxy) is 1. The predicted octanol–water partition coefficient (Wildman–Crippen LogP) is 1.32. The number of hydrogen-bond donors (Lipinski definition) is 2. The van der Waals surface area contributed by atoms with Crippen LogP contribution in [-0.2, 0) is 9.84 Å². The SMILES string of the molecule is COc1ccc([C@@H]2[C@@H](S(=O)(=O)c3ccccc3)[C@]2(N)CO)cc1. The fourth-order valence-electron chi connectivity index (χ4n) is 3.13. The topological polar surface area (TPSA) is 89.6 Å². The molecule has 0 aromatic heterocycles. The molecule has 0 heterocycles. The van der Waals surface area contributed by atoms with E-state index < -0.39 is 26.5 Å². The molecule has 3 N–H and O–H groups in total. The Hall–Kier alpha value is -1.89. The molecule has 6 heteroatoms. The largest absolute Gasteiger partial charge is 0.497 e. The fourth-order valence-corrected chi connectivity index (χ4v) is 5.45. The molecule has 23 heavy (non-hydrogen) atoms. The minimum absolute atomic E-state index is 0.226. The number of hydrogen-bond acceptors (Lipinski definition) is 5. The van der Waals surface area contributed by atoms with Crippen molar-refractivity contribution in [3.05, 3.63) is 60.2 Å². The van der Waals surface area contributed by atoms with Gasteiger partial charge in [0.15, 0.2) is 9.84 Å². The van der Waals surface area contributed by atoms with Crippen LogP contribution >= 0.6 is 0 Å². The lowest BCUT2D eigenvalue weighted by molar-refractivity contribution is 0.253. The van der Waals surface area contributed by atoms with Crippen LogP contribution in [-0.4, -0.2) is 38.0 Å². The van der Waals surface area contributed by atoms with Crippen LogP contribution in [0, 0.1) is 0 Å². The summed E-state index contributed by atoms with van der Waals surface area (Å²) in [6.45, 7) is -0.388. The molecule has 3 atom stereocenters. The Labute approximate surface area is 135 Å². The average Bonchev–Trinajstić information content (AvgIpc) is 3.23. The van der Waals surface area contributed by atoms with E-state index in [1.54, 1.807) is 61.7 Å². The van der Waals surface area contributed by atoms with Crippen molar-refractivity contribution < 1.29 is 18.3 Å². The maximum absolute atomic E-state index is 12.9. The monoisotopic (exact) mass is 333 g/mol. The van der Waals surface area contributed by atoms with Crippen LogP contribution in [0.1, 0.15) is 11.5 Å². The Kier molecular flexibility index (Phi) is 3.91. The minimum Gasteiger partial charge on any atom is -0.497 e. The molecule has 5 nitrogen and oxygen atoms in total. The van der Waals surface area contributed by atoms with E-state index in [1.165, 1.54) is 0 Å². The molecule has 0 amide bonds. The number of rotatable bonds is 5. The van der Waals surface area contributed by atoms with Gasteiger partial charge < -0.3 is 15.6 Å². The van der Waals surface area contributed by atoms with Gasteiger partial charge in [-0.3, -0.25) is 0 Å². The first kappa shape index (κ1) is 16.0. The highest BCUT2D eigenvalue weighted by molar-refractivity contribution is 7.92. The maximum Gasteiger partial charge on any atom is 0.183 e. The van der Waals surface area contributed by atoms with Gasteiger partial charge in [-0.1, -0.05) is 30.3 Å². The lowest BCUT2D eigenvalue weighted by Crippen LogP contribution is -2.35. The van der Waals surface area contributed by atoms with Crippen LogP contribution in [0.5, 0.6) is 5.75 Å². The van der Waals surface area contributed by atoms with Crippen molar-refractivity contribution in [3.63, 3.8) is 0 Å². The number of methoxy groups -OCH3 is 1. The zero-order chi connectivity index (χ0) is 16.7. The number of sulfone groups is 1. The Morgan fingerprint density at radius 3 is 2.26 bits per heavy atom. The quantitative estimate of drug-likeness (QED) is 0.861. The zero-order valence-corrected chi connectivity index (χ0v) is 13.5. The summed E-state index contributed by atoms with van der Waals surface area (Å²) in [6, 6.07) is 15.3. The van der Waals surface area contributed by atoms with Gasteiger partial charge in [-0.05, 0) is 29.8 Å². The average molecular weight is 333 g/mol. The first-order chi connectivity index (χ1) is 10.9. The van der Waals surface area contributed by atoms with E-state index >= 15 is 0 Å². The van der Waals surface area contributed by atoms with Gasteiger partial charge in [-0.15, -0.1) is 0 Å². The van der Waals surface area contributed by atoms with E-state index in [2.05, 4.69) is 0 Å². The van der Waals surface area contributed by atoms with Crippen LogP contribution in [0.4, 0.5) is 0 Å². The van der Waals surface area contributed by atoms with Gasteiger partial charge in [0.25, 0.3) is 0 Å². The Morgan fingerprint density at radius 1 is 1.13 bits per heavy atom. The van der Waals surface area contributed by atoms with E-state index in [4.69, 9.17) is 10.5 Å². The number of aliphatic hydroxyl groups excluding tert-OH is 1. The molecule has 1 fully saturated rings. The molecule has 122 valence electrons. The molecule has 1 aliphatic rings. The van der Waals surface area contributed by atoms with Crippen LogP contribution in [0.3, 0.4) is 0 Å². The fraction of sp³-hybridized carbons (Fsp3) is 0.294. The standard InChI is InChI=1S/C17H19NO4S/c1-22-13-9-7-12(8-10-13)15-16(17(15,18)11-19)23(20,21)14-5-3-2-4-6-14/h2-10,15-16,19H,11,18H2,1H3/t15-,16-,17+/m1/s1. The second-order valence-corrected chi connectivity index (χ2v) is 7.87. The van der Waals surface area contributed by atoms with Gasteiger partial charge in [0, 0.05) is 5.92 Å². The van der Waals surface area contributed by atoms with Gasteiger partial charge in [-0.25, -0.2) is 8.42 Å². The van der Waals surface area contributed by atoms with Crippen molar-refractivity contribution in [1.29, 1.82) is 0 Å². The summed E-state index contributed by atoms with van der Waals surface area (Å²) >= 11 is 0. The normalized spacial score (nSPS) is 26.7. The Balaban J connectivity index is 1.98. The predicted molar refractivity (Wildman–Crippen MR) is 87.2 cm³/mol. The number of aliphatic hydroxyl groups is 1. The molecule has 2 aromatic rings. The molecule has 0 radical (unpaired) electrons. The van der Waals surface area contributed by atoms with E-state index in [-0.39, 0.29) is 11.5 Å². The lowest BCUT2D eigenvalue weighted by Gasteiger charge is -2.08. The summed E-state index contributed by atoms with van der Waals surface area (Å²) < 4.78 is 30.8. The summed E-state index contributed by atoms with van der Waals surface area (Å²) in [7, 11) is -2.05. The molecular formula is C17H19NO4S. The maximum atomic E-state index is 12.9. The van der Waals surface area contributed by atoms with Crippen LogP contribution in [0.2, 0.25) is 0 Å². The molecule has 1 saturated carbocycles. The molecule has 0 aliphatic heterocycles.